The Hall–Kier alpha value is -1.32. The van der Waals surface area contributed by atoms with Crippen LogP contribution in [0.1, 0.15) is 30.7 Å². The Kier molecular flexibility index (Phi) is 5.43. The molecule has 0 saturated carbocycles. The molecular weight excluding hydrogens is 260 g/mol. The Labute approximate surface area is 128 Å². The lowest BCUT2D eigenvalue weighted by atomic mass is 10.1. The van der Waals surface area contributed by atoms with Crippen molar-refractivity contribution in [1.82, 2.24) is 9.88 Å². The Morgan fingerprint density at radius 3 is 2.67 bits per heavy atom. The fourth-order valence-electron chi connectivity index (χ4n) is 2.77. The Bertz CT molecular complexity index is 599. The first-order chi connectivity index (χ1) is 10.0. The largest absolute Gasteiger partial charge is 0.379 e. The third kappa shape index (κ3) is 3.66. The second-order valence-corrected chi connectivity index (χ2v) is 6.21. The molecule has 0 spiro atoms. The summed E-state index contributed by atoms with van der Waals surface area (Å²) >= 11 is 0. The van der Waals surface area contributed by atoms with Crippen LogP contribution in [0, 0.1) is 19.8 Å². The maximum atomic E-state index is 5.74. The SMILES string of the molecule is CNCc1ccc2c(c1)c(C)c(C)n2CCOCC(C)C. The van der Waals surface area contributed by atoms with E-state index in [1.165, 1.54) is 27.7 Å². The van der Waals surface area contributed by atoms with Gasteiger partial charge in [-0.15, -0.1) is 0 Å². The fourth-order valence-corrected chi connectivity index (χ4v) is 2.77. The lowest BCUT2D eigenvalue weighted by Crippen LogP contribution is -2.10. The molecule has 2 rings (SSSR count). The average molecular weight is 288 g/mol. The summed E-state index contributed by atoms with van der Waals surface area (Å²) in [6, 6.07) is 6.76. The number of fused-ring (bicyclic) bond motifs is 1. The molecule has 1 N–H and O–H groups in total. The Balaban J connectivity index is 2.21. The molecule has 3 nitrogen and oxygen atoms in total. The van der Waals surface area contributed by atoms with Crippen LogP contribution in [0.4, 0.5) is 0 Å². The molecule has 0 saturated heterocycles. The zero-order valence-electron chi connectivity index (χ0n) is 14.0. The highest BCUT2D eigenvalue weighted by Gasteiger charge is 2.11. The number of rotatable bonds is 7. The third-order valence-electron chi connectivity index (χ3n) is 3.99. The van der Waals surface area contributed by atoms with E-state index in [0.717, 1.165) is 26.3 Å². The van der Waals surface area contributed by atoms with Gasteiger partial charge in [0, 0.05) is 36.3 Å². The molecule has 2 aromatic rings. The molecule has 0 radical (unpaired) electrons. The minimum Gasteiger partial charge on any atom is -0.379 e. The van der Waals surface area contributed by atoms with Crippen LogP contribution in [0.25, 0.3) is 10.9 Å². The molecular formula is C18H28N2O. The number of benzene rings is 1. The predicted octanol–water partition coefficient (Wildman–Crippen LogP) is 3.65. The normalized spacial score (nSPS) is 11.7. The van der Waals surface area contributed by atoms with Gasteiger partial charge in [0.05, 0.1) is 6.61 Å². The van der Waals surface area contributed by atoms with Crippen LogP contribution in [0.2, 0.25) is 0 Å². The Morgan fingerprint density at radius 1 is 1.24 bits per heavy atom. The molecule has 0 aliphatic carbocycles. The topological polar surface area (TPSA) is 26.2 Å². The number of aromatic nitrogens is 1. The van der Waals surface area contributed by atoms with E-state index in [1.54, 1.807) is 0 Å². The van der Waals surface area contributed by atoms with Crippen LogP contribution in [-0.2, 0) is 17.8 Å². The first-order valence-corrected chi connectivity index (χ1v) is 7.85. The lowest BCUT2D eigenvalue weighted by Gasteiger charge is -2.11. The quantitative estimate of drug-likeness (QED) is 0.787. The summed E-state index contributed by atoms with van der Waals surface area (Å²) in [5.74, 6) is 0.596. The fraction of sp³-hybridized carbons (Fsp3) is 0.556. The van der Waals surface area contributed by atoms with E-state index in [-0.39, 0.29) is 0 Å². The van der Waals surface area contributed by atoms with Crippen molar-refractivity contribution in [3.63, 3.8) is 0 Å². The van der Waals surface area contributed by atoms with Crippen molar-refractivity contribution >= 4 is 10.9 Å². The van der Waals surface area contributed by atoms with Gasteiger partial charge in [-0.1, -0.05) is 19.9 Å². The number of ether oxygens (including phenoxy) is 1. The van der Waals surface area contributed by atoms with Crippen molar-refractivity contribution in [2.24, 2.45) is 5.92 Å². The molecule has 1 aromatic carbocycles. The number of aryl methyl sites for hydroxylation is 1. The number of hydrogen-bond acceptors (Lipinski definition) is 2. The van der Waals surface area contributed by atoms with Crippen LogP contribution in [0.5, 0.6) is 0 Å². The summed E-state index contributed by atoms with van der Waals surface area (Å²) in [5, 5.41) is 4.58. The van der Waals surface area contributed by atoms with Gasteiger partial charge in [0.15, 0.2) is 0 Å². The van der Waals surface area contributed by atoms with Crippen LogP contribution < -0.4 is 5.32 Å². The highest BCUT2D eigenvalue weighted by Crippen LogP contribution is 2.26. The van der Waals surface area contributed by atoms with E-state index >= 15 is 0 Å². The zero-order chi connectivity index (χ0) is 15.4. The summed E-state index contributed by atoms with van der Waals surface area (Å²) < 4.78 is 8.13. The maximum absolute atomic E-state index is 5.74. The van der Waals surface area contributed by atoms with E-state index in [1.807, 2.05) is 7.05 Å². The van der Waals surface area contributed by atoms with E-state index in [9.17, 15) is 0 Å². The summed E-state index contributed by atoms with van der Waals surface area (Å²) in [5.41, 5.74) is 5.38. The highest BCUT2D eigenvalue weighted by atomic mass is 16.5. The predicted molar refractivity (Wildman–Crippen MR) is 89.8 cm³/mol. The molecule has 116 valence electrons. The minimum atomic E-state index is 0.596. The molecule has 21 heavy (non-hydrogen) atoms. The molecule has 1 heterocycles. The summed E-state index contributed by atoms with van der Waals surface area (Å²) in [4.78, 5) is 0. The van der Waals surface area contributed by atoms with Crippen molar-refractivity contribution in [3.8, 4) is 0 Å². The second kappa shape index (κ2) is 7.10. The second-order valence-electron chi connectivity index (χ2n) is 6.21. The smallest absolute Gasteiger partial charge is 0.0645 e. The van der Waals surface area contributed by atoms with Gasteiger partial charge < -0.3 is 14.6 Å². The number of nitrogens with one attached hydrogen (secondary N) is 1. The van der Waals surface area contributed by atoms with Gasteiger partial charge in [-0.3, -0.25) is 0 Å². The van der Waals surface area contributed by atoms with Gasteiger partial charge in [0.2, 0.25) is 0 Å². The first-order valence-electron chi connectivity index (χ1n) is 7.85. The Morgan fingerprint density at radius 2 is 2.00 bits per heavy atom. The lowest BCUT2D eigenvalue weighted by molar-refractivity contribution is 0.103. The molecule has 0 amide bonds. The molecule has 0 unspecified atom stereocenters. The standard InChI is InChI=1S/C18H28N2O/c1-13(2)12-21-9-8-20-15(4)14(3)17-10-16(11-19-5)6-7-18(17)20/h6-7,10,13,19H,8-9,11-12H2,1-5H3. The molecule has 0 aliphatic rings. The van der Waals surface area contributed by atoms with Crippen molar-refractivity contribution in [1.29, 1.82) is 0 Å². The van der Waals surface area contributed by atoms with Crippen LogP contribution >= 0.6 is 0 Å². The first kappa shape index (κ1) is 16.1. The molecule has 3 heteroatoms. The van der Waals surface area contributed by atoms with E-state index < -0.39 is 0 Å². The molecule has 0 bridgehead atoms. The van der Waals surface area contributed by atoms with Crippen molar-refractivity contribution in [2.75, 3.05) is 20.3 Å². The maximum Gasteiger partial charge on any atom is 0.0645 e. The van der Waals surface area contributed by atoms with Crippen molar-refractivity contribution in [2.45, 2.75) is 40.8 Å². The zero-order valence-corrected chi connectivity index (χ0v) is 14.0. The summed E-state index contributed by atoms with van der Waals surface area (Å²) in [7, 11) is 1.99. The average Bonchev–Trinajstić information content (AvgIpc) is 2.68. The third-order valence-corrected chi connectivity index (χ3v) is 3.99. The van der Waals surface area contributed by atoms with Crippen LogP contribution in [-0.4, -0.2) is 24.8 Å². The van der Waals surface area contributed by atoms with Crippen LogP contribution in [0.15, 0.2) is 18.2 Å². The van der Waals surface area contributed by atoms with Crippen LogP contribution in [0.3, 0.4) is 0 Å². The van der Waals surface area contributed by atoms with Crippen molar-refractivity contribution < 1.29 is 4.74 Å². The minimum absolute atomic E-state index is 0.596. The number of nitrogens with zero attached hydrogens (tertiary/aromatic N) is 1. The van der Waals surface area contributed by atoms with Gasteiger partial charge in [-0.25, -0.2) is 0 Å². The van der Waals surface area contributed by atoms with Gasteiger partial charge in [0.25, 0.3) is 0 Å². The van der Waals surface area contributed by atoms with E-state index in [2.05, 4.69) is 55.8 Å². The van der Waals surface area contributed by atoms with Crippen molar-refractivity contribution in [3.05, 3.63) is 35.0 Å². The summed E-state index contributed by atoms with van der Waals surface area (Å²) in [6.45, 7) is 12.2. The molecule has 0 fully saturated rings. The molecule has 0 aliphatic heterocycles. The summed E-state index contributed by atoms with van der Waals surface area (Å²) in [6.07, 6.45) is 0. The highest BCUT2D eigenvalue weighted by molar-refractivity contribution is 5.86. The molecule has 1 aromatic heterocycles. The van der Waals surface area contributed by atoms with Gasteiger partial charge in [-0.05, 0) is 50.1 Å². The van der Waals surface area contributed by atoms with E-state index in [4.69, 9.17) is 4.74 Å². The van der Waals surface area contributed by atoms with E-state index in [0.29, 0.717) is 5.92 Å². The van der Waals surface area contributed by atoms with Gasteiger partial charge in [0.1, 0.15) is 0 Å². The number of hydrogen-bond donors (Lipinski definition) is 1. The molecule has 0 atom stereocenters. The van der Waals surface area contributed by atoms with Gasteiger partial charge in [-0.2, -0.15) is 0 Å². The van der Waals surface area contributed by atoms with Gasteiger partial charge >= 0.3 is 0 Å². The monoisotopic (exact) mass is 288 g/mol.